The molecule has 0 aliphatic carbocycles. The van der Waals surface area contributed by atoms with Gasteiger partial charge in [-0.05, 0) is 42.8 Å². The molecule has 116 valence electrons. The zero-order valence-electron chi connectivity index (χ0n) is 12.4. The highest BCUT2D eigenvalue weighted by atomic mass is 35.5. The Morgan fingerprint density at radius 2 is 2.05 bits per heavy atom. The van der Waals surface area contributed by atoms with Crippen molar-refractivity contribution in [2.75, 3.05) is 18.1 Å². The van der Waals surface area contributed by atoms with Crippen LogP contribution < -0.4 is 21.1 Å². The first-order valence-corrected chi connectivity index (χ1v) is 7.13. The molecule has 4 N–H and O–H groups in total. The summed E-state index contributed by atoms with van der Waals surface area (Å²) in [6.07, 6.45) is 0. The van der Waals surface area contributed by atoms with Gasteiger partial charge in [0.15, 0.2) is 0 Å². The molecule has 2 aromatic rings. The fraction of sp³-hybridized carbons (Fsp3) is 0.188. The van der Waals surface area contributed by atoms with Crippen molar-refractivity contribution >= 4 is 29.0 Å². The molecule has 6 heteroatoms. The molecule has 0 heterocycles. The van der Waals surface area contributed by atoms with E-state index in [0.717, 1.165) is 11.1 Å². The van der Waals surface area contributed by atoms with Crippen LogP contribution in [0.2, 0.25) is 5.02 Å². The molecule has 0 saturated heterocycles. The van der Waals surface area contributed by atoms with E-state index in [1.165, 1.54) is 0 Å². The summed E-state index contributed by atoms with van der Waals surface area (Å²) in [5.74, 6) is 0.603. The number of nitrogen functional groups attached to an aromatic ring is 1. The average Bonchev–Trinajstić information content (AvgIpc) is 2.49. The van der Waals surface area contributed by atoms with Crippen molar-refractivity contribution in [2.45, 2.75) is 13.5 Å². The van der Waals surface area contributed by atoms with Crippen molar-refractivity contribution in [3.63, 3.8) is 0 Å². The van der Waals surface area contributed by atoms with Crippen LogP contribution in [0, 0.1) is 6.92 Å². The highest BCUT2D eigenvalue weighted by Crippen LogP contribution is 2.26. The number of amides is 2. The van der Waals surface area contributed by atoms with E-state index in [1.807, 2.05) is 25.1 Å². The largest absolute Gasteiger partial charge is 0.487 e. The number of aryl methyl sites for hydroxylation is 1. The summed E-state index contributed by atoms with van der Waals surface area (Å²) in [6.45, 7) is 2.22. The summed E-state index contributed by atoms with van der Waals surface area (Å²) >= 11 is 6.16. The molecule has 0 aromatic heterocycles. The third kappa shape index (κ3) is 4.05. The number of halogens is 1. The van der Waals surface area contributed by atoms with E-state index in [2.05, 4.69) is 10.6 Å². The van der Waals surface area contributed by atoms with Crippen molar-refractivity contribution in [3.8, 4) is 5.75 Å². The zero-order chi connectivity index (χ0) is 16.1. The lowest BCUT2D eigenvalue weighted by atomic mass is 10.2. The lowest BCUT2D eigenvalue weighted by Gasteiger charge is -2.12. The molecule has 0 saturated carbocycles. The van der Waals surface area contributed by atoms with Gasteiger partial charge in [-0.25, -0.2) is 4.79 Å². The number of nitrogens with one attached hydrogen (secondary N) is 2. The first-order valence-electron chi connectivity index (χ1n) is 6.75. The fourth-order valence-corrected chi connectivity index (χ4v) is 2.08. The molecular weight excluding hydrogens is 302 g/mol. The lowest BCUT2D eigenvalue weighted by Crippen LogP contribution is -2.24. The van der Waals surface area contributed by atoms with E-state index in [9.17, 15) is 4.79 Å². The SMILES string of the molecule is CNC(=O)Nc1ccc(Cl)c(COc2ccc(C)cc2N)c1. The summed E-state index contributed by atoms with van der Waals surface area (Å²) in [7, 11) is 1.55. The molecule has 2 rings (SSSR count). The van der Waals surface area contributed by atoms with Gasteiger partial charge in [-0.1, -0.05) is 17.7 Å². The van der Waals surface area contributed by atoms with Crippen LogP contribution in [-0.2, 0) is 6.61 Å². The molecule has 0 unspecified atom stereocenters. The zero-order valence-corrected chi connectivity index (χ0v) is 13.2. The van der Waals surface area contributed by atoms with Gasteiger partial charge in [-0.3, -0.25) is 0 Å². The second-order valence-corrected chi connectivity index (χ2v) is 5.25. The number of carbonyl (C=O) groups excluding carboxylic acids is 1. The molecule has 0 bridgehead atoms. The van der Waals surface area contributed by atoms with Gasteiger partial charge in [0.1, 0.15) is 12.4 Å². The molecule has 0 aliphatic rings. The summed E-state index contributed by atoms with van der Waals surface area (Å²) in [6, 6.07) is 10.5. The van der Waals surface area contributed by atoms with Gasteiger partial charge in [0, 0.05) is 23.3 Å². The Bertz CT molecular complexity index is 689. The van der Waals surface area contributed by atoms with Crippen LogP contribution in [0.5, 0.6) is 5.75 Å². The van der Waals surface area contributed by atoms with Crippen LogP contribution >= 0.6 is 11.6 Å². The smallest absolute Gasteiger partial charge is 0.318 e. The maximum absolute atomic E-state index is 11.3. The number of carbonyl (C=O) groups is 1. The van der Waals surface area contributed by atoms with E-state index in [4.69, 9.17) is 22.1 Å². The Balaban J connectivity index is 2.11. The van der Waals surface area contributed by atoms with Gasteiger partial charge in [0.05, 0.1) is 5.69 Å². The van der Waals surface area contributed by atoms with Gasteiger partial charge in [0.2, 0.25) is 0 Å². The topological polar surface area (TPSA) is 76.4 Å². The Morgan fingerprint density at radius 1 is 1.27 bits per heavy atom. The van der Waals surface area contributed by atoms with Crippen LogP contribution in [0.4, 0.5) is 16.2 Å². The van der Waals surface area contributed by atoms with E-state index in [-0.39, 0.29) is 12.6 Å². The van der Waals surface area contributed by atoms with E-state index < -0.39 is 0 Å². The first-order chi connectivity index (χ1) is 10.5. The predicted molar refractivity (Wildman–Crippen MR) is 89.5 cm³/mol. The van der Waals surface area contributed by atoms with Crippen molar-refractivity contribution in [3.05, 3.63) is 52.5 Å². The summed E-state index contributed by atoms with van der Waals surface area (Å²) in [4.78, 5) is 11.3. The van der Waals surface area contributed by atoms with Gasteiger partial charge in [-0.2, -0.15) is 0 Å². The second kappa shape index (κ2) is 7.04. The number of ether oxygens (including phenoxy) is 1. The molecule has 0 spiro atoms. The van der Waals surface area contributed by atoms with Crippen molar-refractivity contribution in [1.29, 1.82) is 0 Å². The molecule has 5 nitrogen and oxygen atoms in total. The molecule has 22 heavy (non-hydrogen) atoms. The minimum Gasteiger partial charge on any atom is -0.487 e. The van der Waals surface area contributed by atoms with Crippen LogP contribution in [0.15, 0.2) is 36.4 Å². The quantitative estimate of drug-likeness (QED) is 0.754. The van der Waals surface area contributed by atoms with Crippen molar-refractivity contribution in [2.24, 2.45) is 0 Å². The average molecular weight is 320 g/mol. The third-order valence-corrected chi connectivity index (χ3v) is 3.45. The number of hydrogen-bond donors (Lipinski definition) is 3. The molecule has 0 fully saturated rings. The highest BCUT2D eigenvalue weighted by Gasteiger charge is 2.07. The minimum absolute atomic E-state index is 0.259. The van der Waals surface area contributed by atoms with Crippen molar-refractivity contribution < 1.29 is 9.53 Å². The maximum Gasteiger partial charge on any atom is 0.318 e. The van der Waals surface area contributed by atoms with Gasteiger partial charge >= 0.3 is 6.03 Å². The Hall–Kier alpha value is -2.40. The first kappa shape index (κ1) is 16.0. The fourth-order valence-electron chi connectivity index (χ4n) is 1.91. The van der Waals surface area contributed by atoms with E-state index in [1.54, 1.807) is 25.2 Å². The van der Waals surface area contributed by atoms with Crippen LogP contribution in [0.3, 0.4) is 0 Å². The van der Waals surface area contributed by atoms with Crippen molar-refractivity contribution in [1.82, 2.24) is 5.32 Å². The van der Waals surface area contributed by atoms with Gasteiger partial charge in [0.25, 0.3) is 0 Å². The molecule has 2 amide bonds. The Kier molecular flexibility index (Phi) is 5.12. The molecular formula is C16H18ClN3O2. The van der Waals surface area contributed by atoms with Gasteiger partial charge < -0.3 is 21.1 Å². The number of hydrogen-bond acceptors (Lipinski definition) is 3. The highest BCUT2D eigenvalue weighted by molar-refractivity contribution is 6.31. The molecule has 2 aromatic carbocycles. The number of benzene rings is 2. The lowest BCUT2D eigenvalue weighted by molar-refractivity contribution is 0.254. The maximum atomic E-state index is 11.3. The number of anilines is 2. The van der Waals surface area contributed by atoms with Gasteiger partial charge in [-0.15, -0.1) is 0 Å². The van der Waals surface area contributed by atoms with E-state index >= 15 is 0 Å². The molecule has 0 aliphatic heterocycles. The normalized spacial score (nSPS) is 10.1. The van der Waals surface area contributed by atoms with Crippen LogP contribution in [0.25, 0.3) is 0 Å². The summed E-state index contributed by atoms with van der Waals surface area (Å²) in [5, 5.41) is 5.74. The molecule has 0 atom stereocenters. The predicted octanol–water partition coefficient (Wildman–Crippen LogP) is 3.56. The number of rotatable bonds is 4. The molecule has 0 radical (unpaired) electrons. The van der Waals surface area contributed by atoms with Crippen LogP contribution in [0.1, 0.15) is 11.1 Å². The number of nitrogens with two attached hydrogens (primary N) is 1. The van der Waals surface area contributed by atoms with Crippen LogP contribution in [-0.4, -0.2) is 13.1 Å². The standard InChI is InChI=1S/C16H18ClN3O2/c1-10-3-6-15(14(18)7-10)22-9-11-8-12(4-5-13(11)17)20-16(21)19-2/h3-8H,9,18H2,1-2H3,(H2,19,20,21). The minimum atomic E-state index is -0.294. The monoisotopic (exact) mass is 319 g/mol. The summed E-state index contributed by atoms with van der Waals surface area (Å²) in [5.41, 5.74) is 8.96. The summed E-state index contributed by atoms with van der Waals surface area (Å²) < 4.78 is 5.71. The van der Waals surface area contributed by atoms with E-state index in [0.29, 0.717) is 22.1 Å². The Morgan fingerprint density at radius 3 is 2.73 bits per heavy atom. The third-order valence-electron chi connectivity index (χ3n) is 3.08. The Labute approximate surface area is 134 Å². The second-order valence-electron chi connectivity index (χ2n) is 4.84. The number of urea groups is 1.